The number of rotatable bonds is 10. The average Bonchev–Trinajstić information content (AvgIpc) is 3.75. The smallest absolute Gasteiger partial charge is 0.269 e. The summed E-state index contributed by atoms with van der Waals surface area (Å²) in [4.78, 5) is 27.7. The maximum Gasteiger partial charge on any atom is 0.269 e. The largest absolute Gasteiger partial charge is 0.493 e. The van der Waals surface area contributed by atoms with Crippen LogP contribution in [0.3, 0.4) is 0 Å². The van der Waals surface area contributed by atoms with E-state index in [2.05, 4.69) is 10.4 Å². The molecule has 3 aromatic rings. The lowest BCUT2D eigenvalue weighted by Gasteiger charge is -2.38. The number of piperazine rings is 1. The number of nitrogens with one attached hydrogen (secondary N) is 1. The third kappa shape index (κ3) is 6.60. The highest BCUT2D eigenvalue weighted by Crippen LogP contribution is 2.39. The molecule has 1 saturated heterocycles. The topological polar surface area (TPSA) is 123 Å². The molecular formula is C30H37N5O6S. The van der Waals surface area contributed by atoms with E-state index in [9.17, 15) is 18.0 Å². The molecule has 12 heteroatoms. The molecule has 11 nitrogen and oxygen atoms in total. The standard InChI is InChI=1S/C30H37N5O6S/c1-20-18-34(42(4,38)39)14-15-35(20)30(37)23-10-8-21(9-11-23)19-41-27-7-5-6-24(28(27)40-3)17-31-29(36)26-16-25(22-12-13-22)32-33(26)2/h5-11,16,20,22H,12-15,17-19H2,1-4H3,(H,31,36). The van der Waals surface area contributed by atoms with E-state index in [1.54, 1.807) is 35.9 Å². The van der Waals surface area contributed by atoms with Crippen LogP contribution in [0.25, 0.3) is 0 Å². The van der Waals surface area contributed by atoms with Crippen molar-refractivity contribution in [3.05, 3.63) is 76.6 Å². The minimum Gasteiger partial charge on any atom is -0.493 e. The third-order valence-corrected chi connectivity index (χ3v) is 9.02. The number of methoxy groups -OCH3 is 1. The molecule has 2 aromatic carbocycles. The van der Waals surface area contributed by atoms with Crippen molar-refractivity contribution in [1.29, 1.82) is 0 Å². The van der Waals surface area contributed by atoms with E-state index in [1.165, 1.54) is 10.6 Å². The van der Waals surface area contributed by atoms with Gasteiger partial charge in [0.2, 0.25) is 10.0 Å². The van der Waals surface area contributed by atoms with Crippen LogP contribution in [0.15, 0.2) is 48.5 Å². The van der Waals surface area contributed by atoms with Gasteiger partial charge in [-0.25, -0.2) is 8.42 Å². The fraction of sp³-hybridized carbons (Fsp3) is 0.433. The fourth-order valence-corrected chi connectivity index (χ4v) is 6.09. The van der Waals surface area contributed by atoms with Crippen LogP contribution in [0.5, 0.6) is 11.5 Å². The van der Waals surface area contributed by atoms with Crippen molar-refractivity contribution in [3.8, 4) is 11.5 Å². The van der Waals surface area contributed by atoms with Crippen LogP contribution in [-0.2, 0) is 30.2 Å². The predicted octanol–water partition coefficient (Wildman–Crippen LogP) is 2.92. The van der Waals surface area contributed by atoms with E-state index >= 15 is 0 Å². The van der Waals surface area contributed by atoms with Crippen LogP contribution in [0, 0.1) is 0 Å². The van der Waals surface area contributed by atoms with E-state index in [-0.39, 0.29) is 44.1 Å². The summed E-state index contributed by atoms with van der Waals surface area (Å²) in [6.45, 7) is 3.29. The first-order valence-corrected chi connectivity index (χ1v) is 15.9. The highest BCUT2D eigenvalue weighted by Gasteiger charge is 2.32. The van der Waals surface area contributed by atoms with Gasteiger partial charge < -0.3 is 19.7 Å². The first-order chi connectivity index (χ1) is 20.0. The molecule has 1 saturated carbocycles. The lowest BCUT2D eigenvalue weighted by Crippen LogP contribution is -2.55. The summed E-state index contributed by atoms with van der Waals surface area (Å²) in [5.41, 5.74) is 3.67. The van der Waals surface area contributed by atoms with Crippen molar-refractivity contribution < 1.29 is 27.5 Å². The maximum atomic E-state index is 13.1. The molecular weight excluding hydrogens is 558 g/mol. The number of sulfonamides is 1. The Bertz CT molecular complexity index is 1570. The summed E-state index contributed by atoms with van der Waals surface area (Å²) in [7, 11) is 0.0569. The summed E-state index contributed by atoms with van der Waals surface area (Å²) >= 11 is 0. The van der Waals surface area contributed by atoms with Gasteiger partial charge in [-0.05, 0) is 49.6 Å². The zero-order valence-electron chi connectivity index (χ0n) is 24.4. The van der Waals surface area contributed by atoms with Crippen LogP contribution >= 0.6 is 0 Å². The molecule has 2 aliphatic rings. The van der Waals surface area contributed by atoms with Crippen molar-refractivity contribution in [2.75, 3.05) is 33.0 Å². The highest BCUT2D eigenvalue weighted by molar-refractivity contribution is 7.88. The van der Waals surface area contributed by atoms with Crippen molar-refractivity contribution in [1.82, 2.24) is 24.3 Å². The molecule has 1 unspecified atom stereocenters. The second-order valence-corrected chi connectivity index (χ2v) is 12.9. The number of hydrogen-bond acceptors (Lipinski definition) is 7. The number of ether oxygens (including phenoxy) is 2. The van der Waals surface area contributed by atoms with E-state index in [1.807, 2.05) is 43.3 Å². The Balaban J connectivity index is 1.18. The molecule has 2 heterocycles. The monoisotopic (exact) mass is 595 g/mol. The van der Waals surface area contributed by atoms with Gasteiger partial charge in [0.15, 0.2) is 11.5 Å². The fourth-order valence-electron chi connectivity index (χ4n) is 5.19. The molecule has 1 N–H and O–H groups in total. The van der Waals surface area contributed by atoms with Gasteiger partial charge in [0.05, 0.1) is 19.1 Å². The summed E-state index contributed by atoms with van der Waals surface area (Å²) in [5, 5.41) is 7.43. The Morgan fingerprint density at radius 3 is 2.48 bits per heavy atom. The molecule has 0 bridgehead atoms. The van der Waals surface area contributed by atoms with Gasteiger partial charge in [-0.15, -0.1) is 0 Å². The normalized spacial score (nSPS) is 17.6. The summed E-state index contributed by atoms with van der Waals surface area (Å²) in [6.07, 6.45) is 3.43. The van der Waals surface area contributed by atoms with Crippen LogP contribution in [0.1, 0.15) is 63.4 Å². The van der Waals surface area contributed by atoms with Crippen LogP contribution in [-0.4, -0.2) is 78.3 Å². The van der Waals surface area contributed by atoms with Gasteiger partial charge in [-0.2, -0.15) is 9.40 Å². The molecule has 1 aliphatic carbocycles. The van der Waals surface area contributed by atoms with Gasteiger partial charge in [-0.1, -0.05) is 24.3 Å². The zero-order valence-corrected chi connectivity index (χ0v) is 25.2. The first-order valence-electron chi connectivity index (χ1n) is 14.0. The quantitative estimate of drug-likeness (QED) is 0.382. The average molecular weight is 596 g/mol. The SMILES string of the molecule is COc1c(CNC(=O)c2cc(C3CC3)nn2C)cccc1OCc1ccc(C(=O)N2CCN(S(C)(=O)=O)CC2C)cc1. The van der Waals surface area contributed by atoms with Gasteiger partial charge in [0, 0.05) is 56.3 Å². The first kappa shape index (κ1) is 29.6. The second kappa shape index (κ2) is 12.1. The minimum atomic E-state index is -3.28. The molecule has 42 heavy (non-hydrogen) atoms. The Morgan fingerprint density at radius 1 is 1.10 bits per heavy atom. The molecule has 1 aromatic heterocycles. The Morgan fingerprint density at radius 2 is 1.83 bits per heavy atom. The van der Waals surface area contributed by atoms with Crippen molar-refractivity contribution in [2.24, 2.45) is 7.05 Å². The van der Waals surface area contributed by atoms with Crippen molar-refractivity contribution >= 4 is 21.8 Å². The van der Waals surface area contributed by atoms with E-state index in [4.69, 9.17) is 9.47 Å². The maximum absolute atomic E-state index is 13.1. The molecule has 1 aliphatic heterocycles. The number of benzene rings is 2. The van der Waals surface area contributed by atoms with Crippen LogP contribution in [0.4, 0.5) is 0 Å². The second-order valence-electron chi connectivity index (χ2n) is 10.9. The number of aryl methyl sites for hydroxylation is 1. The Hall–Kier alpha value is -3.90. The van der Waals surface area contributed by atoms with Gasteiger partial charge >= 0.3 is 0 Å². The number of carbonyl (C=O) groups excluding carboxylic acids is 2. The van der Waals surface area contributed by atoms with Crippen LogP contribution in [0.2, 0.25) is 0 Å². The number of para-hydroxylation sites is 1. The molecule has 0 spiro atoms. The lowest BCUT2D eigenvalue weighted by atomic mass is 10.1. The number of hydrogen-bond donors (Lipinski definition) is 1. The van der Waals surface area contributed by atoms with Gasteiger partial charge in [0.1, 0.15) is 12.3 Å². The number of aromatic nitrogens is 2. The minimum absolute atomic E-state index is 0.130. The van der Waals surface area contributed by atoms with Gasteiger partial charge in [-0.3, -0.25) is 14.3 Å². The predicted molar refractivity (Wildman–Crippen MR) is 157 cm³/mol. The number of carbonyl (C=O) groups is 2. The lowest BCUT2D eigenvalue weighted by molar-refractivity contribution is 0.0592. The third-order valence-electron chi connectivity index (χ3n) is 7.75. The summed E-state index contributed by atoms with van der Waals surface area (Å²) < 4.78 is 38.5. The van der Waals surface area contributed by atoms with Crippen molar-refractivity contribution in [3.63, 3.8) is 0 Å². The van der Waals surface area contributed by atoms with Crippen LogP contribution < -0.4 is 14.8 Å². The van der Waals surface area contributed by atoms with Gasteiger partial charge in [0.25, 0.3) is 11.8 Å². The van der Waals surface area contributed by atoms with E-state index in [0.717, 1.165) is 29.7 Å². The zero-order chi connectivity index (χ0) is 30.0. The van der Waals surface area contributed by atoms with E-state index in [0.29, 0.717) is 35.2 Å². The Labute approximate surface area is 246 Å². The van der Waals surface area contributed by atoms with E-state index < -0.39 is 10.0 Å². The highest BCUT2D eigenvalue weighted by atomic mass is 32.2. The number of nitrogens with zero attached hydrogens (tertiary/aromatic N) is 4. The van der Waals surface area contributed by atoms with Crippen molar-refractivity contribution in [2.45, 2.75) is 44.9 Å². The molecule has 1 atom stereocenters. The number of amides is 2. The molecule has 2 fully saturated rings. The molecule has 5 rings (SSSR count). The molecule has 2 amide bonds. The summed E-state index contributed by atoms with van der Waals surface area (Å²) in [5.74, 6) is 1.21. The molecule has 224 valence electrons. The summed E-state index contributed by atoms with van der Waals surface area (Å²) in [6, 6.07) is 14.4. The Kier molecular flexibility index (Phi) is 8.55. The molecule has 0 radical (unpaired) electrons.